The second-order valence-corrected chi connectivity index (χ2v) is 2.77. The molecule has 12 heavy (non-hydrogen) atoms. The van der Waals surface area contributed by atoms with E-state index in [0.29, 0.717) is 13.2 Å². The molecule has 0 aromatic heterocycles. The van der Waals surface area contributed by atoms with Gasteiger partial charge in [0.2, 0.25) is 12.1 Å². The van der Waals surface area contributed by atoms with Gasteiger partial charge < -0.3 is 18.9 Å². The zero-order valence-corrected chi connectivity index (χ0v) is 7.83. The van der Waals surface area contributed by atoms with E-state index in [-0.39, 0.29) is 6.29 Å². The van der Waals surface area contributed by atoms with Crippen molar-refractivity contribution in [2.75, 3.05) is 27.4 Å². The van der Waals surface area contributed by atoms with Crippen LogP contribution in [0.5, 0.6) is 0 Å². The molecule has 1 rings (SSSR count). The molecule has 72 valence electrons. The Morgan fingerprint density at radius 2 is 2.17 bits per heavy atom. The van der Waals surface area contributed by atoms with Crippen molar-refractivity contribution in [3.05, 3.63) is 0 Å². The SMILES string of the molecule is CCCOC1OC1(COC)OC. The van der Waals surface area contributed by atoms with Crippen LogP contribution in [0.3, 0.4) is 0 Å². The van der Waals surface area contributed by atoms with Crippen molar-refractivity contribution in [2.45, 2.75) is 25.4 Å². The fourth-order valence-corrected chi connectivity index (χ4v) is 1.04. The van der Waals surface area contributed by atoms with E-state index in [1.807, 2.05) is 6.92 Å². The molecule has 2 unspecified atom stereocenters. The van der Waals surface area contributed by atoms with Gasteiger partial charge in [0.05, 0.1) is 0 Å². The van der Waals surface area contributed by atoms with Crippen molar-refractivity contribution in [3.63, 3.8) is 0 Å². The molecule has 0 radical (unpaired) electrons. The average Bonchev–Trinajstić information content (AvgIpc) is 2.77. The molecule has 0 saturated carbocycles. The van der Waals surface area contributed by atoms with E-state index in [9.17, 15) is 0 Å². The van der Waals surface area contributed by atoms with Crippen LogP contribution in [-0.4, -0.2) is 39.5 Å². The number of hydrogen-bond acceptors (Lipinski definition) is 4. The van der Waals surface area contributed by atoms with Crippen molar-refractivity contribution in [2.24, 2.45) is 0 Å². The van der Waals surface area contributed by atoms with Gasteiger partial charge in [-0.25, -0.2) is 0 Å². The summed E-state index contributed by atoms with van der Waals surface area (Å²) in [5.74, 6) is -0.635. The maximum Gasteiger partial charge on any atom is 0.247 e. The van der Waals surface area contributed by atoms with Gasteiger partial charge >= 0.3 is 0 Å². The van der Waals surface area contributed by atoms with Crippen molar-refractivity contribution in [3.8, 4) is 0 Å². The summed E-state index contributed by atoms with van der Waals surface area (Å²) in [5.41, 5.74) is 0. The van der Waals surface area contributed by atoms with E-state index in [2.05, 4.69) is 0 Å². The average molecular weight is 176 g/mol. The van der Waals surface area contributed by atoms with Crippen LogP contribution in [0.4, 0.5) is 0 Å². The highest BCUT2D eigenvalue weighted by molar-refractivity contribution is 4.87. The van der Waals surface area contributed by atoms with Crippen molar-refractivity contribution >= 4 is 0 Å². The van der Waals surface area contributed by atoms with Gasteiger partial charge in [-0.05, 0) is 6.42 Å². The maximum atomic E-state index is 5.33. The Bertz CT molecular complexity index is 137. The lowest BCUT2D eigenvalue weighted by Crippen LogP contribution is -2.25. The van der Waals surface area contributed by atoms with Gasteiger partial charge in [0, 0.05) is 20.8 Å². The molecule has 4 heteroatoms. The number of hydrogen-bond donors (Lipinski definition) is 0. The molecule has 0 aromatic carbocycles. The van der Waals surface area contributed by atoms with Crippen molar-refractivity contribution < 1.29 is 18.9 Å². The maximum absolute atomic E-state index is 5.33. The van der Waals surface area contributed by atoms with E-state index >= 15 is 0 Å². The summed E-state index contributed by atoms with van der Waals surface area (Å²) in [4.78, 5) is 0. The standard InChI is InChI=1S/C8H16O4/c1-4-5-11-7-8(10-3,12-7)6-9-2/h7H,4-6H2,1-3H3. The lowest BCUT2D eigenvalue weighted by molar-refractivity contribution is -0.0648. The number of rotatable bonds is 6. The Kier molecular flexibility index (Phi) is 3.46. The van der Waals surface area contributed by atoms with Crippen LogP contribution < -0.4 is 0 Å². The molecule has 2 atom stereocenters. The second-order valence-electron chi connectivity index (χ2n) is 2.77. The molecule has 1 fully saturated rings. The third kappa shape index (κ3) is 1.95. The molecule has 0 spiro atoms. The third-order valence-electron chi connectivity index (χ3n) is 1.77. The van der Waals surface area contributed by atoms with Gasteiger partial charge in [-0.3, -0.25) is 0 Å². The highest BCUT2D eigenvalue weighted by atomic mass is 16.9. The van der Waals surface area contributed by atoms with Crippen LogP contribution in [0.15, 0.2) is 0 Å². The van der Waals surface area contributed by atoms with E-state index in [0.717, 1.165) is 6.42 Å². The molecule has 0 bridgehead atoms. The van der Waals surface area contributed by atoms with Gasteiger partial charge in [-0.2, -0.15) is 0 Å². The molecule has 0 amide bonds. The highest BCUT2D eigenvalue weighted by Gasteiger charge is 2.59. The number of methoxy groups -OCH3 is 2. The zero-order chi connectivity index (χ0) is 9.03. The fraction of sp³-hybridized carbons (Fsp3) is 1.00. The lowest BCUT2D eigenvalue weighted by Gasteiger charge is -2.08. The van der Waals surface area contributed by atoms with Gasteiger partial charge in [-0.15, -0.1) is 0 Å². The third-order valence-corrected chi connectivity index (χ3v) is 1.77. The van der Waals surface area contributed by atoms with Crippen LogP contribution in [0, 0.1) is 0 Å². The van der Waals surface area contributed by atoms with Gasteiger partial charge in [0.25, 0.3) is 0 Å². The van der Waals surface area contributed by atoms with Gasteiger partial charge in [0.1, 0.15) is 6.61 Å². The van der Waals surface area contributed by atoms with E-state index in [1.54, 1.807) is 14.2 Å². The molecule has 1 heterocycles. The van der Waals surface area contributed by atoms with Crippen LogP contribution in [0.1, 0.15) is 13.3 Å². The summed E-state index contributed by atoms with van der Waals surface area (Å²) in [6, 6.07) is 0. The summed E-state index contributed by atoms with van der Waals surface area (Å²) in [6.07, 6.45) is 0.731. The Morgan fingerprint density at radius 3 is 2.67 bits per heavy atom. The van der Waals surface area contributed by atoms with Crippen molar-refractivity contribution in [1.82, 2.24) is 0 Å². The first-order valence-electron chi connectivity index (χ1n) is 4.12. The van der Waals surface area contributed by atoms with Crippen LogP contribution >= 0.6 is 0 Å². The topological polar surface area (TPSA) is 40.2 Å². The summed E-state index contributed by atoms with van der Waals surface area (Å²) in [6.45, 7) is 3.16. The fourth-order valence-electron chi connectivity index (χ4n) is 1.04. The normalized spacial score (nSPS) is 33.8. The summed E-state index contributed by atoms with van der Waals surface area (Å²) in [5, 5.41) is 0. The minimum atomic E-state index is -0.635. The van der Waals surface area contributed by atoms with Crippen LogP contribution in [0.25, 0.3) is 0 Å². The molecule has 1 saturated heterocycles. The highest BCUT2D eigenvalue weighted by Crippen LogP contribution is 2.38. The molecular weight excluding hydrogens is 160 g/mol. The molecule has 1 aliphatic rings. The smallest absolute Gasteiger partial charge is 0.247 e. The largest absolute Gasteiger partial charge is 0.379 e. The summed E-state index contributed by atoms with van der Waals surface area (Å²) in [7, 11) is 3.20. The van der Waals surface area contributed by atoms with Gasteiger partial charge in [-0.1, -0.05) is 6.92 Å². The quantitative estimate of drug-likeness (QED) is 0.560. The Morgan fingerprint density at radius 1 is 1.42 bits per heavy atom. The number of epoxide rings is 1. The zero-order valence-electron chi connectivity index (χ0n) is 7.83. The molecule has 0 aromatic rings. The Labute approximate surface area is 72.7 Å². The predicted molar refractivity (Wildman–Crippen MR) is 42.7 cm³/mol. The monoisotopic (exact) mass is 176 g/mol. The second kappa shape index (κ2) is 4.18. The van der Waals surface area contributed by atoms with E-state index in [4.69, 9.17) is 18.9 Å². The first-order valence-corrected chi connectivity index (χ1v) is 4.12. The summed E-state index contributed by atoms with van der Waals surface area (Å²) < 4.78 is 20.6. The number of ether oxygens (including phenoxy) is 4. The minimum absolute atomic E-state index is 0.248. The first-order chi connectivity index (χ1) is 5.79. The van der Waals surface area contributed by atoms with Crippen LogP contribution in [-0.2, 0) is 18.9 Å². The summed E-state index contributed by atoms with van der Waals surface area (Å²) >= 11 is 0. The Balaban J connectivity index is 2.23. The molecular formula is C8H16O4. The van der Waals surface area contributed by atoms with Crippen LogP contribution in [0.2, 0.25) is 0 Å². The molecule has 1 aliphatic heterocycles. The van der Waals surface area contributed by atoms with Gasteiger partial charge in [0.15, 0.2) is 0 Å². The van der Waals surface area contributed by atoms with E-state index in [1.165, 1.54) is 0 Å². The Hall–Kier alpha value is -0.160. The molecule has 4 nitrogen and oxygen atoms in total. The first kappa shape index (κ1) is 9.92. The van der Waals surface area contributed by atoms with E-state index < -0.39 is 5.79 Å². The molecule has 0 aliphatic carbocycles. The van der Waals surface area contributed by atoms with Crippen molar-refractivity contribution in [1.29, 1.82) is 0 Å². The minimum Gasteiger partial charge on any atom is -0.379 e. The predicted octanol–water partition coefficient (Wildman–Crippen LogP) is 0.758. The molecule has 0 N–H and O–H groups in total. The lowest BCUT2D eigenvalue weighted by atomic mass is 10.4.